The number of hydrogen-bond acceptors (Lipinski definition) is 2. The first kappa shape index (κ1) is 12.2. The van der Waals surface area contributed by atoms with Gasteiger partial charge in [-0.3, -0.25) is 4.68 Å². The van der Waals surface area contributed by atoms with Gasteiger partial charge in [0.2, 0.25) is 0 Å². The highest BCUT2D eigenvalue weighted by Gasteiger charge is 2.10. The minimum atomic E-state index is 0.470. The Kier molecular flexibility index (Phi) is 4.60. The Labute approximate surface area is 102 Å². The van der Waals surface area contributed by atoms with E-state index in [1.165, 1.54) is 5.69 Å². The van der Waals surface area contributed by atoms with E-state index in [4.69, 9.17) is 0 Å². The van der Waals surface area contributed by atoms with Gasteiger partial charge in [0.15, 0.2) is 0 Å². The summed E-state index contributed by atoms with van der Waals surface area (Å²) >= 11 is 6.97. The number of aryl methyl sites for hydroxylation is 2. The quantitative estimate of drug-likeness (QED) is 0.862. The molecular formula is C9H15Br2N3. The average Bonchev–Trinajstić information content (AvgIpc) is 2.39. The smallest absolute Gasteiger partial charge is 0.0739 e. The van der Waals surface area contributed by atoms with Gasteiger partial charge in [0.05, 0.1) is 15.9 Å². The maximum absolute atomic E-state index is 4.33. The zero-order chi connectivity index (χ0) is 10.7. The van der Waals surface area contributed by atoms with E-state index in [0.29, 0.717) is 6.04 Å². The molecular weight excluding hydrogens is 310 g/mol. The molecule has 1 atom stereocenters. The van der Waals surface area contributed by atoms with Crippen molar-refractivity contribution >= 4 is 31.9 Å². The van der Waals surface area contributed by atoms with Crippen LogP contribution in [-0.2, 0) is 13.6 Å². The predicted octanol–water partition coefficient (Wildman–Crippen LogP) is 2.36. The standard InChI is InChI=1S/C9H15Br2N3/c1-6(4-10)12-5-8-9(11)7(2)13-14(8)3/h6,12H,4-5H2,1-3H3. The zero-order valence-electron chi connectivity index (χ0n) is 8.64. The highest BCUT2D eigenvalue weighted by atomic mass is 79.9. The maximum Gasteiger partial charge on any atom is 0.0739 e. The van der Waals surface area contributed by atoms with Crippen molar-refractivity contribution in [3.05, 3.63) is 15.9 Å². The van der Waals surface area contributed by atoms with Gasteiger partial charge in [0.25, 0.3) is 0 Å². The molecule has 80 valence electrons. The molecule has 5 heteroatoms. The third kappa shape index (κ3) is 2.81. The van der Waals surface area contributed by atoms with E-state index in [1.807, 2.05) is 18.7 Å². The van der Waals surface area contributed by atoms with Gasteiger partial charge in [-0.25, -0.2) is 0 Å². The molecule has 0 saturated heterocycles. The first-order chi connectivity index (χ1) is 6.56. The number of hydrogen-bond donors (Lipinski definition) is 1. The maximum atomic E-state index is 4.33. The lowest BCUT2D eigenvalue weighted by Gasteiger charge is -2.10. The summed E-state index contributed by atoms with van der Waals surface area (Å²) in [6, 6.07) is 0.470. The number of halogens is 2. The van der Waals surface area contributed by atoms with Crippen molar-refractivity contribution in [1.29, 1.82) is 0 Å². The van der Waals surface area contributed by atoms with Crippen molar-refractivity contribution in [3.63, 3.8) is 0 Å². The lowest BCUT2D eigenvalue weighted by atomic mass is 10.3. The van der Waals surface area contributed by atoms with Crippen molar-refractivity contribution in [2.45, 2.75) is 26.4 Å². The van der Waals surface area contributed by atoms with Crippen molar-refractivity contribution in [2.24, 2.45) is 7.05 Å². The van der Waals surface area contributed by atoms with Crippen LogP contribution in [0, 0.1) is 6.92 Å². The largest absolute Gasteiger partial charge is 0.308 e. The van der Waals surface area contributed by atoms with Crippen LogP contribution in [0.2, 0.25) is 0 Å². The molecule has 1 aromatic rings. The molecule has 0 aromatic carbocycles. The molecule has 0 fully saturated rings. The number of rotatable bonds is 4. The van der Waals surface area contributed by atoms with Crippen molar-refractivity contribution in [2.75, 3.05) is 5.33 Å². The van der Waals surface area contributed by atoms with Crippen LogP contribution in [0.3, 0.4) is 0 Å². The van der Waals surface area contributed by atoms with E-state index in [1.54, 1.807) is 0 Å². The van der Waals surface area contributed by atoms with Crippen LogP contribution in [-0.4, -0.2) is 21.2 Å². The third-order valence-corrected chi connectivity index (χ3v) is 4.11. The Hall–Kier alpha value is 0.130. The molecule has 0 amide bonds. The summed E-state index contributed by atoms with van der Waals surface area (Å²) in [5, 5.41) is 8.70. The normalized spacial score (nSPS) is 13.2. The van der Waals surface area contributed by atoms with Gasteiger partial charge in [-0.05, 0) is 29.8 Å². The van der Waals surface area contributed by atoms with E-state index in [2.05, 4.69) is 49.2 Å². The Morgan fingerprint density at radius 2 is 2.21 bits per heavy atom. The second kappa shape index (κ2) is 5.28. The van der Waals surface area contributed by atoms with Gasteiger partial charge < -0.3 is 5.32 Å². The van der Waals surface area contributed by atoms with Crippen LogP contribution >= 0.6 is 31.9 Å². The lowest BCUT2D eigenvalue weighted by Crippen LogP contribution is -2.27. The first-order valence-corrected chi connectivity index (χ1v) is 6.45. The molecule has 1 N–H and O–H groups in total. The third-order valence-electron chi connectivity index (χ3n) is 2.11. The minimum Gasteiger partial charge on any atom is -0.308 e. The van der Waals surface area contributed by atoms with Crippen LogP contribution in [0.4, 0.5) is 0 Å². The summed E-state index contributed by atoms with van der Waals surface area (Å²) in [6.45, 7) is 4.98. The molecule has 0 saturated carbocycles. The Bertz CT molecular complexity index is 309. The minimum absolute atomic E-state index is 0.470. The monoisotopic (exact) mass is 323 g/mol. The van der Waals surface area contributed by atoms with Gasteiger partial charge in [0.1, 0.15) is 0 Å². The molecule has 1 aromatic heterocycles. The molecule has 0 spiro atoms. The van der Waals surface area contributed by atoms with Gasteiger partial charge in [0, 0.05) is 25.0 Å². The molecule has 0 aliphatic heterocycles. The highest BCUT2D eigenvalue weighted by Crippen LogP contribution is 2.19. The van der Waals surface area contributed by atoms with Crippen molar-refractivity contribution in [3.8, 4) is 0 Å². The van der Waals surface area contributed by atoms with Crippen LogP contribution in [0.1, 0.15) is 18.3 Å². The SMILES string of the molecule is Cc1nn(C)c(CNC(C)CBr)c1Br. The van der Waals surface area contributed by atoms with Gasteiger partial charge in [-0.2, -0.15) is 5.10 Å². The number of nitrogens with one attached hydrogen (secondary N) is 1. The predicted molar refractivity (Wildman–Crippen MR) is 65.7 cm³/mol. The van der Waals surface area contributed by atoms with E-state index < -0.39 is 0 Å². The van der Waals surface area contributed by atoms with Crippen LogP contribution in [0.15, 0.2) is 4.47 Å². The summed E-state index contributed by atoms with van der Waals surface area (Å²) in [4.78, 5) is 0. The average molecular weight is 325 g/mol. The number of alkyl halides is 1. The second-order valence-corrected chi connectivity index (χ2v) is 4.85. The van der Waals surface area contributed by atoms with E-state index in [0.717, 1.165) is 22.0 Å². The fraction of sp³-hybridized carbons (Fsp3) is 0.667. The summed E-state index contributed by atoms with van der Waals surface area (Å²) < 4.78 is 3.02. The van der Waals surface area contributed by atoms with Crippen LogP contribution in [0.25, 0.3) is 0 Å². The molecule has 0 aliphatic rings. The Morgan fingerprint density at radius 3 is 2.64 bits per heavy atom. The lowest BCUT2D eigenvalue weighted by molar-refractivity contribution is 0.565. The fourth-order valence-electron chi connectivity index (χ4n) is 1.20. The number of aromatic nitrogens is 2. The Balaban J connectivity index is 2.67. The molecule has 0 bridgehead atoms. The fourth-order valence-corrected chi connectivity index (χ4v) is 1.90. The van der Waals surface area contributed by atoms with Gasteiger partial charge >= 0.3 is 0 Å². The summed E-state index contributed by atoms with van der Waals surface area (Å²) in [7, 11) is 1.97. The highest BCUT2D eigenvalue weighted by molar-refractivity contribution is 9.10. The van der Waals surface area contributed by atoms with Gasteiger partial charge in [-0.1, -0.05) is 15.9 Å². The first-order valence-electron chi connectivity index (χ1n) is 4.53. The molecule has 1 heterocycles. The molecule has 0 aliphatic carbocycles. The molecule has 1 rings (SSSR count). The van der Waals surface area contributed by atoms with Crippen molar-refractivity contribution in [1.82, 2.24) is 15.1 Å². The van der Waals surface area contributed by atoms with E-state index in [9.17, 15) is 0 Å². The van der Waals surface area contributed by atoms with E-state index >= 15 is 0 Å². The Morgan fingerprint density at radius 1 is 1.57 bits per heavy atom. The van der Waals surface area contributed by atoms with E-state index in [-0.39, 0.29) is 0 Å². The van der Waals surface area contributed by atoms with Gasteiger partial charge in [-0.15, -0.1) is 0 Å². The topological polar surface area (TPSA) is 29.9 Å². The van der Waals surface area contributed by atoms with Crippen LogP contribution < -0.4 is 5.32 Å². The summed E-state index contributed by atoms with van der Waals surface area (Å²) in [5.74, 6) is 0. The van der Waals surface area contributed by atoms with Crippen molar-refractivity contribution < 1.29 is 0 Å². The zero-order valence-corrected chi connectivity index (χ0v) is 11.8. The van der Waals surface area contributed by atoms with Crippen LogP contribution in [0.5, 0.6) is 0 Å². The molecule has 1 unspecified atom stereocenters. The number of nitrogens with zero attached hydrogens (tertiary/aromatic N) is 2. The summed E-state index contributed by atoms with van der Waals surface area (Å²) in [6.07, 6.45) is 0. The molecule has 3 nitrogen and oxygen atoms in total. The molecule has 14 heavy (non-hydrogen) atoms. The summed E-state index contributed by atoms with van der Waals surface area (Å²) in [5.41, 5.74) is 2.23. The molecule has 0 radical (unpaired) electrons. The second-order valence-electron chi connectivity index (χ2n) is 3.41.